The van der Waals surface area contributed by atoms with Crippen LogP contribution in [0.4, 0.5) is 0 Å². The zero-order chi connectivity index (χ0) is 18.2. The Balaban J connectivity index is 1.80. The first-order valence-electron chi connectivity index (χ1n) is 8.46. The topological polar surface area (TPSA) is 60.9 Å². The maximum Gasteiger partial charge on any atom is 0.224 e. The predicted molar refractivity (Wildman–Crippen MR) is 96.2 cm³/mol. The normalized spacial score (nSPS) is 14.3. The number of carbonyl (C=O) groups is 3. The summed E-state index contributed by atoms with van der Waals surface area (Å²) in [5.41, 5.74) is 1.06. The first-order chi connectivity index (χ1) is 12.0. The minimum Gasteiger partial charge on any atom is -0.342 e. The minimum absolute atomic E-state index is 0.0274. The van der Waals surface area contributed by atoms with E-state index >= 15 is 0 Å². The van der Waals surface area contributed by atoms with Gasteiger partial charge in [0.05, 0.1) is 0 Å². The zero-order valence-electron chi connectivity index (χ0n) is 14.5. The lowest BCUT2D eigenvalue weighted by Gasteiger charge is -2.33. The van der Waals surface area contributed by atoms with E-state index in [0.29, 0.717) is 57.1 Å². The van der Waals surface area contributed by atoms with Gasteiger partial charge in [0.2, 0.25) is 18.2 Å². The summed E-state index contributed by atoms with van der Waals surface area (Å²) in [6.07, 6.45) is 1.82. The molecule has 0 saturated carbocycles. The molecule has 1 heterocycles. The summed E-state index contributed by atoms with van der Waals surface area (Å²) in [5, 5.41) is 0.677. The Bertz CT molecular complexity index is 615. The van der Waals surface area contributed by atoms with Gasteiger partial charge >= 0.3 is 0 Å². The third kappa shape index (κ3) is 6.05. The van der Waals surface area contributed by atoms with Crippen LogP contribution in [0, 0.1) is 0 Å². The van der Waals surface area contributed by atoms with E-state index in [2.05, 4.69) is 0 Å². The van der Waals surface area contributed by atoms with Gasteiger partial charge < -0.3 is 14.7 Å². The molecule has 3 amide bonds. The molecule has 0 aliphatic carbocycles. The molecular weight excluding hydrogens is 342 g/mol. The SMILES string of the molecule is CC(=O)N(CCC(=O)N1CCN(C=O)CC1)CCc1cccc(Cl)c1. The fourth-order valence-corrected chi connectivity index (χ4v) is 3.06. The van der Waals surface area contributed by atoms with Crippen molar-refractivity contribution in [2.75, 3.05) is 39.3 Å². The summed E-state index contributed by atoms with van der Waals surface area (Å²) in [7, 11) is 0. The van der Waals surface area contributed by atoms with E-state index < -0.39 is 0 Å². The highest BCUT2D eigenvalue weighted by molar-refractivity contribution is 6.30. The van der Waals surface area contributed by atoms with Gasteiger partial charge in [-0.1, -0.05) is 23.7 Å². The second-order valence-corrected chi connectivity index (χ2v) is 6.59. The Morgan fingerprint density at radius 1 is 1.20 bits per heavy atom. The second-order valence-electron chi connectivity index (χ2n) is 6.16. The number of rotatable bonds is 7. The van der Waals surface area contributed by atoms with Crippen LogP contribution in [0.2, 0.25) is 5.02 Å². The fourth-order valence-electron chi connectivity index (χ4n) is 2.85. The van der Waals surface area contributed by atoms with Crippen LogP contribution in [0.3, 0.4) is 0 Å². The first kappa shape index (κ1) is 19.2. The number of halogens is 1. The molecule has 1 aromatic rings. The van der Waals surface area contributed by atoms with Crippen LogP contribution in [-0.4, -0.2) is 72.2 Å². The highest BCUT2D eigenvalue weighted by Gasteiger charge is 2.21. The average Bonchev–Trinajstić information content (AvgIpc) is 2.61. The summed E-state index contributed by atoms with van der Waals surface area (Å²) in [6.45, 7) is 4.73. The van der Waals surface area contributed by atoms with E-state index in [4.69, 9.17) is 11.6 Å². The zero-order valence-corrected chi connectivity index (χ0v) is 15.2. The quantitative estimate of drug-likeness (QED) is 0.687. The van der Waals surface area contributed by atoms with Gasteiger partial charge in [0.1, 0.15) is 0 Å². The lowest BCUT2D eigenvalue weighted by molar-refractivity contribution is -0.136. The Kier molecular flexibility index (Phi) is 7.25. The monoisotopic (exact) mass is 365 g/mol. The van der Waals surface area contributed by atoms with E-state index in [0.717, 1.165) is 12.0 Å². The molecule has 0 aromatic heterocycles. The highest BCUT2D eigenvalue weighted by atomic mass is 35.5. The van der Waals surface area contributed by atoms with E-state index in [-0.39, 0.29) is 11.8 Å². The van der Waals surface area contributed by atoms with Crippen LogP contribution in [0.5, 0.6) is 0 Å². The van der Waals surface area contributed by atoms with Crippen LogP contribution >= 0.6 is 11.6 Å². The summed E-state index contributed by atoms with van der Waals surface area (Å²) in [6, 6.07) is 7.56. The van der Waals surface area contributed by atoms with Crippen molar-refractivity contribution >= 4 is 29.8 Å². The second kappa shape index (κ2) is 9.42. The van der Waals surface area contributed by atoms with Gasteiger partial charge in [-0.25, -0.2) is 0 Å². The van der Waals surface area contributed by atoms with Crippen LogP contribution in [0.1, 0.15) is 18.9 Å². The summed E-state index contributed by atoms with van der Waals surface area (Å²) in [5.74, 6) is -0.0137. The van der Waals surface area contributed by atoms with Crippen LogP contribution in [0.15, 0.2) is 24.3 Å². The molecule has 25 heavy (non-hydrogen) atoms. The minimum atomic E-state index is -0.0411. The first-order valence-corrected chi connectivity index (χ1v) is 8.84. The molecule has 1 aromatic carbocycles. The van der Waals surface area contributed by atoms with Crippen molar-refractivity contribution in [1.82, 2.24) is 14.7 Å². The third-order valence-corrected chi connectivity index (χ3v) is 4.65. The maximum atomic E-state index is 12.3. The molecule has 0 bridgehead atoms. The van der Waals surface area contributed by atoms with E-state index in [1.807, 2.05) is 24.3 Å². The van der Waals surface area contributed by atoms with Crippen molar-refractivity contribution in [1.29, 1.82) is 0 Å². The number of amides is 3. The van der Waals surface area contributed by atoms with Gasteiger partial charge in [0.15, 0.2) is 0 Å². The van der Waals surface area contributed by atoms with Gasteiger partial charge in [0, 0.05) is 57.6 Å². The maximum absolute atomic E-state index is 12.3. The Morgan fingerprint density at radius 2 is 1.92 bits per heavy atom. The summed E-state index contributed by atoms with van der Waals surface area (Å²) in [4.78, 5) is 40.0. The molecule has 7 heteroatoms. The van der Waals surface area contributed by atoms with Crippen LogP contribution in [0.25, 0.3) is 0 Å². The van der Waals surface area contributed by atoms with Crippen molar-refractivity contribution in [3.8, 4) is 0 Å². The molecule has 1 aliphatic heterocycles. The average molecular weight is 366 g/mol. The smallest absolute Gasteiger partial charge is 0.224 e. The Labute approximate surface area is 153 Å². The van der Waals surface area contributed by atoms with Crippen molar-refractivity contribution in [2.45, 2.75) is 19.8 Å². The van der Waals surface area contributed by atoms with Crippen LogP contribution < -0.4 is 0 Å². The van der Waals surface area contributed by atoms with E-state index in [1.165, 1.54) is 6.92 Å². The van der Waals surface area contributed by atoms with Gasteiger partial charge in [-0.05, 0) is 24.1 Å². The van der Waals surface area contributed by atoms with Crippen molar-refractivity contribution in [2.24, 2.45) is 0 Å². The molecule has 1 aliphatic rings. The van der Waals surface area contributed by atoms with Crippen molar-refractivity contribution in [3.63, 3.8) is 0 Å². The molecule has 0 spiro atoms. The number of hydrogen-bond acceptors (Lipinski definition) is 3. The van der Waals surface area contributed by atoms with Crippen molar-refractivity contribution in [3.05, 3.63) is 34.9 Å². The molecule has 0 atom stereocenters. The molecular formula is C18H24ClN3O3. The molecule has 6 nitrogen and oxygen atoms in total. The highest BCUT2D eigenvalue weighted by Crippen LogP contribution is 2.12. The number of hydrogen-bond donors (Lipinski definition) is 0. The Morgan fingerprint density at radius 3 is 2.52 bits per heavy atom. The van der Waals surface area contributed by atoms with Gasteiger partial charge in [0.25, 0.3) is 0 Å². The standard InChI is InChI=1S/C18H24ClN3O3/c1-15(24)21(7-5-16-3-2-4-17(19)13-16)8-6-18(25)22-11-9-20(14-23)10-12-22/h2-4,13-14H,5-12H2,1H3. The van der Waals surface area contributed by atoms with E-state index in [1.54, 1.807) is 14.7 Å². The lowest BCUT2D eigenvalue weighted by Crippen LogP contribution is -2.48. The summed E-state index contributed by atoms with van der Waals surface area (Å²) < 4.78 is 0. The predicted octanol–water partition coefficient (Wildman–Crippen LogP) is 1.42. The molecule has 136 valence electrons. The molecule has 0 radical (unpaired) electrons. The number of nitrogens with zero attached hydrogens (tertiary/aromatic N) is 3. The number of benzene rings is 1. The van der Waals surface area contributed by atoms with Gasteiger partial charge in [-0.15, -0.1) is 0 Å². The number of piperazine rings is 1. The molecule has 1 saturated heterocycles. The largest absolute Gasteiger partial charge is 0.342 e. The van der Waals surface area contributed by atoms with Crippen molar-refractivity contribution < 1.29 is 14.4 Å². The van der Waals surface area contributed by atoms with E-state index in [9.17, 15) is 14.4 Å². The number of carbonyl (C=O) groups excluding carboxylic acids is 3. The molecule has 2 rings (SSSR count). The summed E-state index contributed by atoms with van der Waals surface area (Å²) >= 11 is 5.98. The fraction of sp³-hybridized carbons (Fsp3) is 0.500. The Hall–Kier alpha value is -2.08. The van der Waals surface area contributed by atoms with Gasteiger partial charge in [-0.2, -0.15) is 0 Å². The van der Waals surface area contributed by atoms with Crippen LogP contribution in [-0.2, 0) is 20.8 Å². The molecule has 0 N–H and O–H groups in total. The molecule has 1 fully saturated rings. The lowest BCUT2D eigenvalue weighted by atomic mass is 10.1. The molecule has 0 unspecified atom stereocenters. The third-order valence-electron chi connectivity index (χ3n) is 4.42. The van der Waals surface area contributed by atoms with Gasteiger partial charge in [-0.3, -0.25) is 14.4 Å².